The molecule has 1 aliphatic rings. The van der Waals surface area contributed by atoms with Gasteiger partial charge in [-0.25, -0.2) is 14.8 Å². The van der Waals surface area contributed by atoms with Crippen LogP contribution in [0.1, 0.15) is 42.8 Å². The molecule has 7 heteroatoms. The summed E-state index contributed by atoms with van der Waals surface area (Å²) in [7, 11) is 0. The second kappa shape index (κ2) is 6.48. The maximum Gasteiger partial charge on any atom is 0.325 e. The Bertz CT molecular complexity index is 925. The van der Waals surface area contributed by atoms with Crippen molar-refractivity contribution in [2.75, 3.05) is 10.6 Å². The van der Waals surface area contributed by atoms with E-state index >= 15 is 0 Å². The van der Waals surface area contributed by atoms with Crippen molar-refractivity contribution in [2.45, 2.75) is 45.6 Å². The summed E-state index contributed by atoms with van der Waals surface area (Å²) in [5.41, 5.74) is 2.69. The fraction of sp³-hybridized carbons (Fsp3) is 0.389. The molecule has 1 aliphatic carbocycles. The number of aromatic nitrogens is 3. The normalized spacial score (nSPS) is 14.5. The van der Waals surface area contributed by atoms with E-state index < -0.39 is 0 Å². The Morgan fingerprint density at radius 3 is 2.92 bits per heavy atom. The first-order chi connectivity index (χ1) is 12.1. The highest BCUT2D eigenvalue weighted by Gasteiger charge is 2.22. The standard InChI is InChI=1S/C18H21N5OS/c1-3-23-11(2)20-14-9-13(7-8-15(14)23)21-17(24)22-18-19-10-16(25-18)12-5-4-6-12/h7-10,12H,3-6H2,1-2H3,(H2,19,21,22,24). The third-order valence-electron chi connectivity index (χ3n) is 4.76. The van der Waals surface area contributed by atoms with Crippen LogP contribution in [0.25, 0.3) is 11.0 Å². The van der Waals surface area contributed by atoms with Gasteiger partial charge in [-0.15, -0.1) is 11.3 Å². The molecule has 2 heterocycles. The predicted molar refractivity (Wildman–Crippen MR) is 101 cm³/mol. The topological polar surface area (TPSA) is 71.8 Å². The van der Waals surface area contributed by atoms with Crippen molar-refractivity contribution < 1.29 is 4.79 Å². The van der Waals surface area contributed by atoms with Crippen LogP contribution in [0.2, 0.25) is 0 Å². The van der Waals surface area contributed by atoms with Crippen LogP contribution < -0.4 is 10.6 Å². The smallest absolute Gasteiger partial charge is 0.325 e. The van der Waals surface area contributed by atoms with Gasteiger partial charge in [0.25, 0.3) is 0 Å². The third-order valence-corrected chi connectivity index (χ3v) is 5.84. The van der Waals surface area contributed by atoms with Crippen LogP contribution in [0.3, 0.4) is 0 Å². The van der Waals surface area contributed by atoms with Crippen molar-refractivity contribution in [2.24, 2.45) is 0 Å². The molecule has 6 nitrogen and oxygen atoms in total. The van der Waals surface area contributed by atoms with Crippen LogP contribution >= 0.6 is 11.3 Å². The second-order valence-electron chi connectivity index (χ2n) is 6.38. The lowest BCUT2D eigenvalue weighted by atomic mass is 9.85. The molecule has 2 N–H and O–H groups in total. The zero-order valence-electron chi connectivity index (χ0n) is 14.4. The monoisotopic (exact) mass is 355 g/mol. The van der Waals surface area contributed by atoms with Gasteiger partial charge in [0.1, 0.15) is 5.82 Å². The summed E-state index contributed by atoms with van der Waals surface area (Å²) in [6, 6.07) is 5.51. The number of thiazole rings is 1. The van der Waals surface area contributed by atoms with Crippen LogP contribution in [0, 0.1) is 6.92 Å². The quantitative estimate of drug-likeness (QED) is 0.710. The summed E-state index contributed by atoms with van der Waals surface area (Å²) < 4.78 is 2.15. The van der Waals surface area contributed by atoms with Crippen molar-refractivity contribution in [1.29, 1.82) is 0 Å². The number of carbonyl (C=O) groups excluding carboxylic acids is 1. The highest BCUT2D eigenvalue weighted by Crippen LogP contribution is 2.39. The molecule has 130 valence electrons. The van der Waals surface area contributed by atoms with Crippen molar-refractivity contribution in [3.63, 3.8) is 0 Å². The fourth-order valence-electron chi connectivity index (χ4n) is 3.21. The molecule has 3 aromatic rings. The summed E-state index contributed by atoms with van der Waals surface area (Å²) in [5.74, 6) is 1.61. The lowest BCUT2D eigenvalue weighted by molar-refractivity contribution is 0.262. The van der Waals surface area contributed by atoms with Gasteiger partial charge in [0.15, 0.2) is 5.13 Å². The fourth-order valence-corrected chi connectivity index (χ4v) is 4.19. The van der Waals surface area contributed by atoms with Crippen LogP contribution in [0.5, 0.6) is 0 Å². The number of benzene rings is 1. The van der Waals surface area contributed by atoms with Crippen molar-refractivity contribution in [1.82, 2.24) is 14.5 Å². The van der Waals surface area contributed by atoms with Gasteiger partial charge >= 0.3 is 6.03 Å². The number of nitrogens with zero attached hydrogens (tertiary/aromatic N) is 3. The van der Waals surface area contributed by atoms with Gasteiger partial charge < -0.3 is 9.88 Å². The zero-order valence-corrected chi connectivity index (χ0v) is 15.2. The maximum atomic E-state index is 12.2. The molecule has 0 spiro atoms. The molecule has 1 fully saturated rings. The molecule has 0 aliphatic heterocycles. The number of fused-ring (bicyclic) bond motifs is 1. The van der Waals surface area contributed by atoms with E-state index in [2.05, 4.69) is 32.1 Å². The Morgan fingerprint density at radius 2 is 2.20 bits per heavy atom. The average molecular weight is 355 g/mol. The van der Waals surface area contributed by atoms with Gasteiger partial charge in [-0.1, -0.05) is 6.42 Å². The number of urea groups is 1. The molecule has 0 bridgehead atoms. The summed E-state index contributed by atoms with van der Waals surface area (Å²) in [5, 5.41) is 6.33. The summed E-state index contributed by atoms with van der Waals surface area (Å²) in [6.07, 6.45) is 5.65. The molecular weight excluding hydrogens is 334 g/mol. The Balaban J connectivity index is 1.45. The number of imidazole rings is 1. The lowest BCUT2D eigenvalue weighted by Crippen LogP contribution is -2.19. The lowest BCUT2D eigenvalue weighted by Gasteiger charge is -2.23. The van der Waals surface area contributed by atoms with E-state index in [0.717, 1.165) is 29.1 Å². The molecular formula is C18H21N5OS. The molecule has 0 atom stereocenters. The van der Waals surface area contributed by atoms with E-state index in [1.165, 1.54) is 24.1 Å². The van der Waals surface area contributed by atoms with E-state index in [-0.39, 0.29) is 6.03 Å². The first kappa shape index (κ1) is 16.1. The summed E-state index contributed by atoms with van der Waals surface area (Å²) >= 11 is 1.57. The number of rotatable bonds is 4. The second-order valence-corrected chi connectivity index (χ2v) is 7.44. The molecule has 1 saturated carbocycles. The van der Waals surface area contributed by atoms with Crippen LogP contribution in [-0.2, 0) is 6.54 Å². The number of carbonyl (C=O) groups is 1. The largest absolute Gasteiger partial charge is 0.329 e. The molecule has 0 unspecified atom stereocenters. The highest BCUT2D eigenvalue weighted by molar-refractivity contribution is 7.15. The van der Waals surface area contributed by atoms with Crippen molar-refractivity contribution in [3.05, 3.63) is 35.1 Å². The first-order valence-electron chi connectivity index (χ1n) is 8.64. The number of hydrogen-bond acceptors (Lipinski definition) is 4. The summed E-state index contributed by atoms with van der Waals surface area (Å²) in [6.45, 7) is 4.97. The molecule has 1 aromatic carbocycles. The van der Waals surface area contributed by atoms with E-state index in [4.69, 9.17) is 0 Å². The van der Waals surface area contributed by atoms with Gasteiger partial charge in [-0.05, 0) is 50.8 Å². The first-order valence-corrected chi connectivity index (χ1v) is 9.46. The van der Waals surface area contributed by atoms with Gasteiger partial charge in [-0.2, -0.15) is 0 Å². The average Bonchev–Trinajstić information content (AvgIpc) is 3.08. The summed E-state index contributed by atoms with van der Waals surface area (Å²) in [4.78, 5) is 22.4. The molecule has 2 aromatic heterocycles. The van der Waals surface area contributed by atoms with E-state index in [9.17, 15) is 4.79 Å². The van der Waals surface area contributed by atoms with E-state index in [1.54, 1.807) is 11.3 Å². The van der Waals surface area contributed by atoms with Crippen molar-refractivity contribution >= 4 is 39.2 Å². The van der Waals surface area contributed by atoms with Crippen molar-refractivity contribution in [3.8, 4) is 0 Å². The minimum Gasteiger partial charge on any atom is -0.329 e. The number of amides is 2. The van der Waals surface area contributed by atoms with Crippen LogP contribution in [0.4, 0.5) is 15.6 Å². The number of anilines is 2. The minimum atomic E-state index is -0.277. The Kier molecular flexibility index (Phi) is 4.17. The molecule has 0 saturated heterocycles. The molecule has 25 heavy (non-hydrogen) atoms. The van der Waals surface area contributed by atoms with E-state index in [0.29, 0.717) is 11.0 Å². The van der Waals surface area contributed by atoms with E-state index in [1.807, 2.05) is 31.3 Å². The predicted octanol–water partition coefficient (Wildman–Crippen LogP) is 4.73. The Hall–Kier alpha value is -2.41. The Morgan fingerprint density at radius 1 is 1.36 bits per heavy atom. The van der Waals surface area contributed by atoms with Gasteiger partial charge in [0.05, 0.1) is 11.0 Å². The van der Waals surface area contributed by atoms with Crippen LogP contribution in [0.15, 0.2) is 24.4 Å². The molecule has 4 rings (SSSR count). The van der Waals surface area contributed by atoms with Gasteiger partial charge in [0, 0.05) is 23.3 Å². The number of aryl methyl sites for hydroxylation is 2. The van der Waals surface area contributed by atoms with Crippen LogP contribution in [-0.4, -0.2) is 20.6 Å². The zero-order chi connectivity index (χ0) is 17.4. The third kappa shape index (κ3) is 3.11. The van der Waals surface area contributed by atoms with Gasteiger partial charge in [-0.3, -0.25) is 5.32 Å². The molecule has 0 radical (unpaired) electrons. The Labute approximate surface area is 150 Å². The van der Waals surface area contributed by atoms with Gasteiger partial charge in [0.2, 0.25) is 0 Å². The minimum absolute atomic E-state index is 0.277. The molecule has 2 amide bonds. The maximum absolute atomic E-state index is 12.2. The SMILES string of the molecule is CCn1c(C)nc2cc(NC(=O)Nc3ncc(C4CCC4)s3)ccc21. The number of nitrogens with one attached hydrogen (secondary N) is 2. The number of hydrogen-bond donors (Lipinski definition) is 2. The highest BCUT2D eigenvalue weighted by atomic mass is 32.1.